The zero-order valence-electron chi connectivity index (χ0n) is 15.2. The first-order chi connectivity index (χ1) is 10.5. The van der Waals surface area contributed by atoms with E-state index < -0.39 is 0 Å². The van der Waals surface area contributed by atoms with Gasteiger partial charge in [0.25, 0.3) is 0 Å². The highest BCUT2D eigenvalue weighted by Crippen LogP contribution is 2.26. The maximum atomic E-state index is 12.5. The number of rotatable bonds is 5. The number of hydrogen-bond donors (Lipinski definition) is 0. The second-order valence-electron chi connectivity index (χ2n) is 8.31. The number of hydrogen-bond acceptors (Lipinski definition) is 2. The quantitative estimate of drug-likeness (QED) is 0.774. The van der Waals surface area contributed by atoms with Crippen LogP contribution in [-0.2, 0) is 4.79 Å². The predicted molar refractivity (Wildman–Crippen MR) is 92.8 cm³/mol. The zero-order chi connectivity index (χ0) is 16.1. The Hall–Kier alpha value is -0.570. The summed E-state index contributed by atoms with van der Waals surface area (Å²) in [6.07, 6.45) is 6.30. The molecular formula is C19H36N2O. The molecule has 0 unspecified atom stereocenters. The van der Waals surface area contributed by atoms with Crippen molar-refractivity contribution >= 4 is 5.91 Å². The molecule has 0 aliphatic carbocycles. The average molecular weight is 309 g/mol. The van der Waals surface area contributed by atoms with E-state index in [1.165, 1.54) is 32.1 Å². The Morgan fingerprint density at radius 3 is 2.05 bits per heavy atom. The lowest BCUT2D eigenvalue weighted by atomic mass is 9.86. The van der Waals surface area contributed by atoms with Gasteiger partial charge in [0, 0.05) is 13.1 Å². The molecule has 0 N–H and O–H groups in total. The largest absolute Gasteiger partial charge is 0.342 e. The molecule has 2 fully saturated rings. The van der Waals surface area contributed by atoms with E-state index in [2.05, 4.69) is 37.5 Å². The highest BCUT2D eigenvalue weighted by molar-refractivity contribution is 5.78. The maximum absolute atomic E-state index is 12.5. The van der Waals surface area contributed by atoms with Gasteiger partial charge in [-0.2, -0.15) is 0 Å². The second-order valence-corrected chi connectivity index (χ2v) is 8.31. The third-order valence-corrected chi connectivity index (χ3v) is 5.71. The molecule has 3 heteroatoms. The van der Waals surface area contributed by atoms with Crippen molar-refractivity contribution in [1.29, 1.82) is 0 Å². The molecule has 0 atom stereocenters. The van der Waals surface area contributed by atoms with Crippen LogP contribution < -0.4 is 0 Å². The Morgan fingerprint density at radius 1 is 0.955 bits per heavy atom. The van der Waals surface area contributed by atoms with E-state index in [0.29, 0.717) is 12.5 Å². The summed E-state index contributed by atoms with van der Waals surface area (Å²) in [6.45, 7) is 14.1. The van der Waals surface area contributed by atoms with Crippen LogP contribution in [0.4, 0.5) is 0 Å². The van der Waals surface area contributed by atoms with Crippen LogP contribution in [0, 0.1) is 23.7 Å². The van der Waals surface area contributed by atoms with Gasteiger partial charge in [0.05, 0.1) is 6.54 Å². The lowest BCUT2D eigenvalue weighted by Gasteiger charge is -2.37. The summed E-state index contributed by atoms with van der Waals surface area (Å²) in [4.78, 5) is 17.0. The van der Waals surface area contributed by atoms with Crippen LogP contribution in [0.2, 0.25) is 0 Å². The number of amides is 1. The molecule has 0 bridgehead atoms. The van der Waals surface area contributed by atoms with E-state index in [1.807, 2.05) is 0 Å². The average Bonchev–Trinajstić information content (AvgIpc) is 2.49. The molecule has 0 aromatic rings. The molecule has 0 radical (unpaired) electrons. The molecule has 0 aromatic carbocycles. The summed E-state index contributed by atoms with van der Waals surface area (Å²) >= 11 is 0. The third kappa shape index (κ3) is 5.26. The van der Waals surface area contributed by atoms with Crippen molar-refractivity contribution in [2.45, 2.75) is 59.8 Å². The monoisotopic (exact) mass is 308 g/mol. The van der Waals surface area contributed by atoms with Gasteiger partial charge in [-0.1, -0.05) is 27.7 Å². The molecule has 0 spiro atoms. The van der Waals surface area contributed by atoms with Crippen molar-refractivity contribution < 1.29 is 4.79 Å². The molecule has 0 saturated carbocycles. The molecule has 2 rings (SSSR count). The summed E-state index contributed by atoms with van der Waals surface area (Å²) in [5.41, 5.74) is 0. The van der Waals surface area contributed by atoms with Crippen molar-refractivity contribution in [1.82, 2.24) is 9.80 Å². The van der Waals surface area contributed by atoms with Crippen LogP contribution in [0.5, 0.6) is 0 Å². The van der Waals surface area contributed by atoms with Gasteiger partial charge in [0.2, 0.25) is 5.91 Å². The molecule has 128 valence electrons. The summed E-state index contributed by atoms with van der Waals surface area (Å²) in [5.74, 6) is 3.63. The molecular weight excluding hydrogens is 272 g/mol. The fraction of sp³-hybridized carbons (Fsp3) is 0.947. The van der Waals surface area contributed by atoms with Gasteiger partial charge in [-0.05, 0) is 68.9 Å². The molecule has 3 nitrogen and oxygen atoms in total. The zero-order valence-corrected chi connectivity index (χ0v) is 15.2. The maximum Gasteiger partial charge on any atom is 0.236 e. The number of nitrogens with zero attached hydrogens (tertiary/aromatic N) is 2. The van der Waals surface area contributed by atoms with Gasteiger partial charge in [-0.15, -0.1) is 0 Å². The van der Waals surface area contributed by atoms with Gasteiger partial charge in [0.15, 0.2) is 0 Å². The Morgan fingerprint density at radius 2 is 1.55 bits per heavy atom. The van der Waals surface area contributed by atoms with Crippen LogP contribution in [0.1, 0.15) is 59.8 Å². The Kier molecular flexibility index (Phi) is 6.73. The first kappa shape index (κ1) is 17.8. The molecule has 22 heavy (non-hydrogen) atoms. The normalized spacial score (nSPS) is 22.7. The minimum Gasteiger partial charge on any atom is -0.342 e. The lowest BCUT2D eigenvalue weighted by Crippen LogP contribution is -2.46. The van der Waals surface area contributed by atoms with E-state index in [1.54, 1.807) is 0 Å². The Balaban J connectivity index is 1.68. The van der Waals surface area contributed by atoms with Crippen LogP contribution >= 0.6 is 0 Å². The SMILES string of the molecule is CC(C)CC1CCN(CC(=O)N2CCC(C(C)C)CC2)CC1. The number of piperidine rings is 2. The molecule has 1 amide bonds. The van der Waals surface area contributed by atoms with Crippen molar-refractivity contribution in [3.05, 3.63) is 0 Å². The Labute approximate surface area is 137 Å². The van der Waals surface area contributed by atoms with Crippen molar-refractivity contribution in [2.75, 3.05) is 32.7 Å². The number of carbonyl (C=O) groups excluding carboxylic acids is 1. The highest BCUT2D eigenvalue weighted by atomic mass is 16.2. The standard InChI is InChI=1S/C19H36N2O/c1-15(2)13-17-5-9-20(10-6-17)14-19(22)21-11-7-18(8-12-21)16(3)4/h15-18H,5-14H2,1-4H3. The summed E-state index contributed by atoms with van der Waals surface area (Å²) < 4.78 is 0. The molecule has 0 aromatic heterocycles. The second kappa shape index (κ2) is 8.33. The van der Waals surface area contributed by atoms with Crippen molar-refractivity contribution in [2.24, 2.45) is 23.7 Å². The molecule has 2 heterocycles. The summed E-state index contributed by atoms with van der Waals surface area (Å²) in [6, 6.07) is 0. The minimum atomic E-state index is 0.365. The highest BCUT2D eigenvalue weighted by Gasteiger charge is 2.27. The third-order valence-electron chi connectivity index (χ3n) is 5.71. The lowest BCUT2D eigenvalue weighted by molar-refractivity contribution is -0.134. The van der Waals surface area contributed by atoms with E-state index in [9.17, 15) is 4.79 Å². The fourth-order valence-corrected chi connectivity index (χ4v) is 4.15. The topological polar surface area (TPSA) is 23.6 Å². The van der Waals surface area contributed by atoms with Gasteiger partial charge in [0.1, 0.15) is 0 Å². The fourth-order valence-electron chi connectivity index (χ4n) is 4.15. The van der Waals surface area contributed by atoms with E-state index >= 15 is 0 Å². The number of likely N-dealkylation sites (tertiary alicyclic amines) is 2. The molecule has 2 aliphatic heterocycles. The van der Waals surface area contributed by atoms with Crippen LogP contribution in [-0.4, -0.2) is 48.4 Å². The Bertz CT molecular complexity index is 337. The molecule has 2 saturated heterocycles. The number of carbonyl (C=O) groups is 1. The summed E-state index contributed by atoms with van der Waals surface area (Å²) in [5, 5.41) is 0. The van der Waals surface area contributed by atoms with Crippen molar-refractivity contribution in [3.8, 4) is 0 Å². The summed E-state index contributed by atoms with van der Waals surface area (Å²) in [7, 11) is 0. The first-order valence-corrected chi connectivity index (χ1v) is 9.45. The van der Waals surface area contributed by atoms with E-state index in [-0.39, 0.29) is 0 Å². The van der Waals surface area contributed by atoms with Crippen molar-refractivity contribution in [3.63, 3.8) is 0 Å². The van der Waals surface area contributed by atoms with Gasteiger partial charge in [-0.3, -0.25) is 9.69 Å². The smallest absolute Gasteiger partial charge is 0.236 e. The minimum absolute atomic E-state index is 0.365. The van der Waals surface area contributed by atoms with Gasteiger partial charge in [-0.25, -0.2) is 0 Å². The predicted octanol–water partition coefficient (Wildman–Crippen LogP) is 3.64. The van der Waals surface area contributed by atoms with Crippen LogP contribution in [0.3, 0.4) is 0 Å². The van der Waals surface area contributed by atoms with Crippen LogP contribution in [0.15, 0.2) is 0 Å². The van der Waals surface area contributed by atoms with Gasteiger partial charge < -0.3 is 4.90 Å². The molecule has 2 aliphatic rings. The van der Waals surface area contributed by atoms with Gasteiger partial charge >= 0.3 is 0 Å². The van der Waals surface area contributed by atoms with Crippen LogP contribution in [0.25, 0.3) is 0 Å². The van der Waals surface area contributed by atoms with E-state index in [0.717, 1.165) is 49.9 Å². The first-order valence-electron chi connectivity index (χ1n) is 9.45. The van der Waals surface area contributed by atoms with E-state index in [4.69, 9.17) is 0 Å².